The van der Waals surface area contributed by atoms with E-state index in [1.54, 1.807) is 6.20 Å². The number of nitrogens with zero attached hydrogens (tertiary/aromatic N) is 2. The number of aromatic nitrogens is 2. The molecule has 3 rings (SSSR count). The second-order valence-electron chi connectivity index (χ2n) is 4.64. The van der Waals surface area contributed by atoms with Gasteiger partial charge in [0.1, 0.15) is 0 Å². The number of benzene rings is 2. The van der Waals surface area contributed by atoms with Crippen molar-refractivity contribution in [3.8, 4) is 0 Å². The van der Waals surface area contributed by atoms with Crippen molar-refractivity contribution in [3.63, 3.8) is 0 Å². The summed E-state index contributed by atoms with van der Waals surface area (Å²) in [6.07, 6.45) is 2.65. The number of hydrogen-bond donors (Lipinski definition) is 2. The van der Waals surface area contributed by atoms with Gasteiger partial charge in [0.15, 0.2) is 0 Å². The zero-order chi connectivity index (χ0) is 13.8. The summed E-state index contributed by atoms with van der Waals surface area (Å²) >= 11 is 0. The van der Waals surface area contributed by atoms with E-state index in [1.165, 1.54) is 5.56 Å². The average molecular weight is 264 g/mol. The maximum Gasteiger partial charge on any atom is 0.0950 e. The number of hydrogen-bond acceptors (Lipinski definition) is 4. The molecule has 100 valence electrons. The van der Waals surface area contributed by atoms with Gasteiger partial charge in [0.2, 0.25) is 0 Å². The van der Waals surface area contributed by atoms with Gasteiger partial charge in [-0.1, -0.05) is 30.3 Å². The van der Waals surface area contributed by atoms with Gasteiger partial charge in [-0.15, -0.1) is 0 Å². The van der Waals surface area contributed by atoms with E-state index < -0.39 is 0 Å². The molecule has 4 heteroatoms. The molecular formula is C16H16N4. The van der Waals surface area contributed by atoms with E-state index in [0.717, 1.165) is 28.7 Å². The highest BCUT2D eigenvalue weighted by atomic mass is 15.1. The number of nitrogens with two attached hydrogens (primary N) is 1. The summed E-state index contributed by atoms with van der Waals surface area (Å²) in [5.41, 5.74) is 9.68. The molecule has 0 saturated heterocycles. The van der Waals surface area contributed by atoms with E-state index in [4.69, 9.17) is 5.73 Å². The summed E-state index contributed by atoms with van der Waals surface area (Å²) in [6, 6.07) is 16.2. The van der Waals surface area contributed by atoms with Crippen molar-refractivity contribution in [2.24, 2.45) is 5.73 Å². The Hall–Kier alpha value is -2.46. The van der Waals surface area contributed by atoms with Crippen LogP contribution in [0.15, 0.2) is 54.7 Å². The monoisotopic (exact) mass is 264 g/mol. The smallest absolute Gasteiger partial charge is 0.0950 e. The van der Waals surface area contributed by atoms with Gasteiger partial charge in [-0.3, -0.25) is 0 Å². The number of anilines is 2. The maximum absolute atomic E-state index is 5.55. The quantitative estimate of drug-likeness (QED) is 0.760. The predicted octanol–water partition coefficient (Wildman–Crippen LogP) is 2.87. The molecule has 0 saturated carbocycles. The Morgan fingerprint density at radius 3 is 2.60 bits per heavy atom. The first-order valence-corrected chi connectivity index (χ1v) is 6.63. The second-order valence-corrected chi connectivity index (χ2v) is 4.64. The van der Waals surface area contributed by atoms with Gasteiger partial charge in [0.25, 0.3) is 0 Å². The molecule has 0 unspecified atom stereocenters. The van der Waals surface area contributed by atoms with Gasteiger partial charge in [-0.25, -0.2) is 0 Å². The molecule has 1 aromatic heterocycles. The third kappa shape index (κ3) is 2.60. The first-order valence-electron chi connectivity index (χ1n) is 6.63. The Morgan fingerprint density at radius 2 is 1.80 bits per heavy atom. The van der Waals surface area contributed by atoms with Crippen molar-refractivity contribution >= 4 is 22.3 Å². The molecule has 0 fully saturated rings. The number of fused-ring (bicyclic) bond motifs is 1. The van der Waals surface area contributed by atoms with Crippen molar-refractivity contribution < 1.29 is 0 Å². The molecule has 0 radical (unpaired) electrons. The Bertz CT molecular complexity index is 702. The molecule has 0 aliphatic heterocycles. The molecule has 2 aromatic carbocycles. The molecule has 0 amide bonds. The van der Waals surface area contributed by atoms with Crippen molar-refractivity contribution in [3.05, 3.63) is 60.3 Å². The second kappa shape index (κ2) is 5.67. The summed E-state index contributed by atoms with van der Waals surface area (Å²) in [6.45, 7) is 0.672. The van der Waals surface area contributed by atoms with Crippen LogP contribution in [0.2, 0.25) is 0 Å². The minimum Gasteiger partial charge on any atom is -0.354 e. The van der Waals surface area contributed by atoms with Crippen LogP contribution in [0.5, 0.6) is 0 Å². The highest BCUT2D eigenvalue weighted by Gasteiger charge is 2.02. The molecule has 3 aromatic rings. The van der Waals surface area contributed by atoms with Crippen LogP contribution in [0.1, 0.15) is 5.56 Å². The normalized spacial score (nSPS) is 10.7. The molecule has 0 aliphatic rings. The van der Waals surface area contributed by atoms with Crippen LogP contribution in [0, 0.1) is 0 Å². The Morgan fingerprint density at radius 1 is 1.00 bits per heavy atom. The topological polar surface area (TPSA) is 63.8 Å². The minimum absolute atomic E-state index is 0.672. The standard InChI is InChI=1S/C16H16N4/c17-10-9-12-5-7-13(8-6-12)19-16-11-18-20-15-4-2-1-3-14(15)16/h1-8,11H,9-10,17H2,(H,19,20). The molecule has 0 spiro atoms. The molecule has 1 heterocycles. The van der Waals surface area contributed by atoms with Crippen LogP contribution < -0.4 is 11.1 Å². The lowest BCUT2D eigenvalue weighted by atomic mass is 10.1. The fraction of sp³-hybridized carbons (Fsp3) is 0.125. The number of rotatable bonds is 4. The van der Waals surface area contributed by atoms with Crippen molar-refractivity contribution in [2.45, 2.75) is 6.42 Å². The molecule has 0 bridgehead atoms. The Balaban J connectivity index is 1.89. The SMILES string of the molecule is NCCc1ccc(Nc2cnnc3ccccc23)cc1. The average Bonchev–Trinajstić information content (AvgIpc) is 2.50. The fourth-order valence-corrected chi connectivity index (χ4v) is 2.18. The zero-order valence-electron chi connectivity index (χ0n) is 11.1. The largest absolute Gasteiger partial charge is 0.354 e. The highest BCUT2D eigenvalue weighted by Crippen LogP contribution is 2.24. The number of nitrogens with one attached hydrogen (secondary N) is 1. The van der Waals surface area contributed by atoms with Crippen LogP contribution in [0.25, 0.3) is 10.9 Å². The van der Waals surface area contributed by atoms with Crippen molar-refractivity contribution in [1.29, 1.82) is 0 Å². The Kier molecular flexibility index (Phi) is 3.56. The molecule has 4 nitrogen and oxygen atoms in total. The van der Waals surface area contributed by atoms with Gasteiger partial charge >= 0.3 is 0 Å². The van der Waals surface area contributed by atoms with Crippen LogP contribution in [-0.4, -0.2) is 16.7 Å². The minimum atomic E-state index is 0.672. The van der Waals surface area contributed by atoms with E-state index in [0.29, 0.717) is 6.54 Å². The van der Waals surface area contributed by atoms with E-state index in [1.807, 2.05) is 24.3 Å². The van der Waals surface area contributed by atoms with Gasteiger partial charge in [-0.2, -0.15) is 10.2 Å². The fourth-order valence-electron chi connectivity index (χ4n) is 2.18. The van der Waals surface area contributed by atoms with Crippen LogP contribution >= 0.6 is 0 Å². The van der Waals surface area contributed by atoms with E-state index in [9.17, 15) is 0 Å². The lowest BCUT2D eigenvalue weighted by Crippen LogP contribution is -2.02. The summed E-state index contributed by atoms with van der Waals surface area (Å²) in [4.78, 5) is 0. The summed E-state index contributed by atoms with van der Waals surface area (Å²) in [7, 11) is 0. The van der Waals surface area contributed by atoms with E-state index in [-0.39, 0.29) is 0 Å². The molecule has 0 atom stereocenters. The van der Waals surface area contributed by atoms with Crippen molar-refractivity contribution in [1.82, 2.24) is 10.2 Å². The van der Waals surface area contributed by atoms with Gasteiger partial charge < -0.3 is 11.1 Å². The molecule has 20 heavy (non-hydrogen) atoms. The van der Waals surface area contributed by atoms with E-state index >= 15 is 0 Å². The first kappa shape index (κ1) is 12.6. The van der Waals surface area contributed by atoms with E-state index in [2.05, 4.69) is 39.8 Å². The first-order chi connectivity index (χ1) is 9.86. The van der Waals surface area contributed by atoms with Crippen LogP contribution in [-0.2, 0) is 6.42 Å². The maximum atomic E-state index is 5.55. The predicted molar refractivity (Wildman–Crippen MR) is 82.0 cm³/mol. The molecule has 3 N–H and O–H groups in total. The summed E-state index contributed by atoms with van der Waals surface area (Å²) in [5, 5.41) is 12.6. The zero-order valence-corrected chi connectivity index (χ0v) is 11.1. The molecular weight excluding hydrogens is 248 g/mol. The third-order valence-electron chi connectivity index (χ3n) is 3.21. The Labute approximate surface area is 117 Å². The van der Waals surface area contributed by atoms with Gasteiger partial charge in [0, 0.05) is 11.1 Å². The highest BCUT2D eigenvalue weighted by molar-refractivity contribution is 5.91. The lowest BCUT2D eigenvalue weighted by molar-refractivity contribution is 0.969. The van der Waals surface area contributed by atoms with Crippen LogP contribution in [0.4, 0.5) is 11.4 Å². The lowest BCUT2D eigenvalue weighted by Gasteiger charge is -2.09. The van der Waals surface area contributed by atoms with Crippen LogP contribution in [0.3, 0.4) is 0 Å². The van der Waals surface area contributed by atoms with Gasteiger partial charge in [0.05, 0.1) is 17.4 Å². The third-order valence-corrected chi connectivity index (χ3v) is 3.21. The van der Waals surface area contributed by atoms with Gasteiger partial charge in [-0.05, 0) is 36.7 Å². The molecule has 0 aliphatic carbocycles. The summed E-state index contributed by atoms with van der Waals surface area (Å²) in [5.74, 6) is 0. The van der Waals surface area contributed by atoms with Crippen molar-refractivity contribution in [2.75, 3.05) is 11.9 Å². The summed E-state index contributed by atoms with van der Waals surface area (Å²) < 4.78 is 0.